The maximum absolute atomic E-state index is 12.4. The summed E-state index contributed by atoms with van der Waals surface area (Å²) in [6, 6.07) is 1.78. The normalized spacial score (nSPS) is 22.2. The molecule has 2 rings (SSSR count). The zero-order chi connectivity index (χ0) is 15.5. The Morgan fingerprint density at radius 3 is 2.71 bits per heavy atom. The Bertz CT molecular complexity index is 563. The Kier molecular flexibility index (Phi) is 5.79. The first-order valence-electron chi connectivity index (χ1n) is 7.40. The van der Waals surface area contributed by atoms with Crippen molar-refractivity contribution in [3.05, 3.63) is 15.8 Å². The van der Waals surface area contributed by atoms with Crippen LogP contribution in [0.15, 0.2) is 11.0 Å². The summed E-state index contributed by atoms with van der Waals surface area (Å²) in [6.45, 7) is 8.12. The Morgan fingerprint density at radius 1 is 1.38 bits per heavy atom. The topological polar surface area (TPSA) is 67.4 Å². The first kappa shape index (κ1) is 16.9. The van der Waals surface area contributed by atoms with E-state index in [0.717, 1.165) is 29.1 Å². The van der Waals surface area contributed by atoms with Gasteiger partial charge in [-0.05, 0) is 39.3 Å². The summed E-state index contributed by atoms with van der Waals surface area (Å²) < 4.78 is 33.1. The average molecular weight is 332 g/mol. The van der Waals surface area contributed by atoms with Gasteiger partial charge in [-0.1, -0.05) is 6.92 Å². The molecule has 1 heterocycles. The first-order valence-corrected chi connectivity index (χ1v) is 9.70. The van der Waals surface area contributed by atoms with Crippen molar-refractivity contribution in [3.63, 3.8) is 0 Å². The van der Waals surface area contributed by atoms with Gasteiger partial charge in [-0.25, -0.2) is 13.1 Å². The highest BCUT2D eigenvalue weighted by atomic mass is 32.2. The summed E-state index contributed by atoms with van der Waals surface area (Å²) >= 11 is 1.54. The van der Waals surface area contributed by atoms with E-state index in [-0.39, 0.29) is 12.1 Å². The van der Waals surface area contributed by atoms with Crippen molar-refractivity contribution >= 4 is 21.4 Å². The van der Waals surface area contributed by atoms with Crippen LogP contribution in [0.25, 0.3) is 0 Å². The maximum Gasteiger partial charge on any atom is 0.241 e. The Morgan fingerprint density at radius 2 is 2.10 bits per heavy atom. The van der Waals surface area contributed by atoms with Crippen LogP contribution in [-0.2, 0) is 21.3 Å². The average Bonchev–Trinajstić information content (AvgIpc) is 2.76. The maximum atomic E-state index is 12.4. The largest absolute Gasteiger partial charge is 0.378 e. The molecule has 21 heavy (non-hydrogen) atoms. The molecule has 0 amide bonds. The predicted octanol–water partition coefficient (Wildman–Crippen LogP) is 2.01. The van der Waals surface area contributed by atoms with Gasteiger partial charge in [0.25, 0.3) is 0 Å². The number of ether oxygens (including phenoxy) is 1. The van der Waals surface area contributed by atoms with Gasteiger partial charge in [0, 0.05) is 28.9 Å². The van der Waals surface area contributed by atoms with Crippen molar-refractivity contribution < 1.29 is 13.2 Å². The summed E-state index contributed by atoms with van der Waals surface area (Å²) in [6.07, 6.45) is 1.73. The van der Waals surface area contributed by atoms with Crippen molar-refractivity contribution in [2.45, 2.75) is 57.2 Å². The van der Waals surface area contributed by atoms with Crippen LogP contribution in [-0.4, -0.2) is 33.7 Å². The monoisotopic (exact) mass is 332 g/mol. The van der Waals surface area contributed by atoms with E-state index in [2.05, 4.69) is 10.0 Å². The second-order valence-electron chi connectivity index (χ2n) is 5.28. The lowest BCUT2D eigenvalue weighted by Crippen LogP contribution is -2.47. The lowest BCUT2D eigenvalue weighted by molar-refractivity contribution is -0.00475. The minimum atomic E-state index is -3.42. The predicted molar refractivity (Wildman–Crippen MR) is 85.2 cm³/mol. The molecular formula is C14H24N2O3S2. The Hall–Kier alpha value is -0.470. The summed E-state index contributed by atoms with van der Waals surface area (Å²) in [5.41, 5.74) is 0. The van der Waals surface area contributed by atoms with Crippen LogP contribution >= 0.6 is 11.3 Å². The molecule has 2 N–H and O–H groups in total. The zero-order valence-electron chi connectivity index (χ0n) is 12.8. The third kappa shape index (κ3) is 4.26. The molecule has 0 bridgehead atoms. The molecule has 0 saturated heterocycles. The van der Waals surface area contributed by atoms with Gasteiger partial charge in [0.1, 0.15) is 0 Å². The SMILES string of the molecule is CCNCc1cc(S(=O)(=O)NC2CC(OCC)C2)c(C)s1. The highest BCUT2D eigenvalue weighted by Gasteiger charge is 2.33. The molecule has 0 spiro atoms. The van der Waals surface area contributed by atoms with E-state index in [1.165, 1.54) is 11.3 Å². The number of nitrogens with one attached hydrogen (secondary N) is 2. The molecule has 1 aromatic heterocycles. The minimum Gasteiger partial charge on any atom is -0.378 e. The van der Waals surface area contributed by atoms with E-state index < -0.39 is 10.0 Å². The molecule has 0 atom stereocenters. The second kappa shape index (κ2) is 7.19. The van der Waals surface area contributed by atoms with E-state index in [1.54, 1.807) is 6.07 Å². The molecule has 1 fully saturated rings. The standard InChI is InChI=1S/C14H24N2O3S2/c1-4-15-9-13-8-14(10(3)20-13)21(17,18)16-11-6-12(7-11)19-5-2/h8,11-12,15-16H,4-7,9H2,1-3H3. The number of thiophene rings is 1. The molecule has 120 valence electrons. The van der Waals surface area contributed by atoms with Crippen molar-refractivity contribution in [3.8, 4) is 0 Å². The van der Waals surface area contributed by atoms with Crippen molar-refractivity contribution in [1.29, 1.82) is 0 Å². The van der Waals surface area contributed by atoms with Gasteiger partial charge in [-0.2, -0.15) is 0 Å². The molecule has 0 aliphatic heterocycles. The molecule has 0 unspecified atom stereocenters. The molecule has 1 aliphatic carbocycles. The van der Waals surface area contributed by atoms with Crippen LogP contribution in [0.3, 0.4) is 0 Å². The van der Waals surface area contributed by atoms with E-state index in [9.17, 15) is 8.42 Å². The smallest absolute Gasteiger partial charge is 0.241 e. The lowest BCUT2D eigenvalue weighted by Gasteiger charge is -2.35. The lowest BCUT2D eigenvalue weighted by atomic mass is 9.90. The number of sulfonamides is 1. The molecule has 1 saturated carbocycles. The fourth-order valence-electron chi connectivity index (χ4n) is 2.44. The molecule has 0 aromatic carbocycles. The first-order chi connectivity index (χ1) is 9.96. The van der Waals surface area contributed by atoms with Crippen molar-refractivity contribution in [2.75, 3.05) is 13.2 Å². The van der Waals surface area contributed by atoms with Crippen LogP contribution in [0.1, 0.15) is 36.4 Å². The zero-order valence-corrected chi connectivity index (χ0v) is 14.4. The van der Waals surface area contributed by atoms with Crippen LogP contribution in [0.5, 0.6) is 0 Å². The molecule has 1 aliphatic rings. The molecule has 7 heteroatoms. The van der Waals surface area contributed by atoms with E-state index in [0.29, 0.717) is 18.0 Å². The van der Waals surface area contributed by atoms with Gasteiger partial charge >= 0.3 is 0 Å². The molecule has 0 radical (unpaired) electrons. The van der Waals surface area contributed by atoms with Gasteiger partial charge in [-0.3, -0.25) is 0 Å². The van der Waals surface area contributed by atoms with Crippen LogP contribution in [0.2, 0.25) is 0 Å². The molecular weight excluding hydrogens is 308 g/mol. The number of hydrogen-bond donors (Lipinski definition) is 2. The van der Waals surface area contributed by atoms with E-state index >= 15 is 0 Å². The minimum absolute atomic E-state index is 0.00284. The summed E-state index contributed by atoms with van der Waals surface area (Å²) in [7, 11) is -3.42. The third-order valence-electron chi connectivity index (χ3n) is 3.58. The van der Waals surface area contributed by atoms with Crippen molar-refractivity contribution in [2.24, 2.45) is 0 Å². The van der Waals surface area contributed by atoms with Crippen LogP contribution in [0, 0.1) is 6.92 Å². The fourth-order valence-corrected chi connectivity index (χ4v) is 5.31. The van der Waals surface area contributed by atoms with Crippen LogP contribution in [0.4, 0.5) is 0 Å². The Balaban J connectivity index is 1.98. The summed E-state index contributed by atoms with van der Waals surface area (Å²) in [4.78, 5) is 2.31. The van der Waals surface area contributed by atoms with Gasteiger partial charge < -0.3 is 10.1 Å². The number of rotatable bonds is 8. The van der Waals surface area contributed by atoms with E-state index in [4.69, 9.17) is 4.74 Å². The van der Waals surface area contributed by atoms with E-state index in [1.807, 2.05) is 20.8 Å². The summed E-state index contributed by atoms with van der Waals surface area (Å²) in [5.74, 6) is 0. The molecule has 1 aromatic rings. The van der Waals surface area contributed by atoms with Gasteiger partial charge in [0.15, 0.2) is 0 Å². The Labute approximate surface area is 131 Å². The summed E-state index contributed by atoms with van der Waals surface area (Å²) in [5, 5.41) is 3.22. The molecule has 5 nitrogen and oxygen atoms in total. The van der Waals surface area contributed by atoms with Gasteiger partial charge in [0.05, 0.1) is 11.0 Å². The quantitative estimate of drug-likeness (QED) is 0.764. The highest BCUT2D eigenvalue weighted by Crippen LogP contribution is 2.29. The van der Waals surface area contributed by atoms with Gasteiger partial charge in [0.2, 0.25) is 10.0 Å². The number of aryl methyl sites for hydroxylation is 1. The highest BCUT2D eigenvalue weighted by molar-refractivity contribution is 7.89. The van der Waals surface area contributed by atoms with Gasteiger partial charge in [-0.15, -0.1) is 11.3 Å². The van der Waals surface area contributed by atoms with Crippen molar-refractivity contribution in [1.82, 2.24) is 10.0 Å². The third-order valence-corrected chi connectivity index (χ3v) is 6.41. The second-order valence-corrected chi connectivity index (χ2v) is 8.30. The number of hydrogen-bond acceptors (Lipinski definition) is 5. The van der Waals surface area contributed by atoms with Crippen LogP contribution < -0.4 is 10.0 Å². The fraction of sp³-hybridized carbons (Fsp3) is 0.714.